The summed E-state index contributed by atoms with van der Waals surface area (Å²) in [4.78, 5) is 11.3. The number of sulfone groups is 1. The highest BCUT2D eigenvalue weighted by atomic mass is 32.2. The average molecular weight is 300 g/mol. The molecule has 1 aliphatic rings. The lowest BCUT2D eigenvalue weighted by Crippen LogP contribution is -2.22. The lowest BCUT2D eigenvalue weighted by Gasteiger charge is -2.14. The van der Waals surface area contributed by atoms with Crippen molar-refractivity contribution < 1.29 is 22.3 Å². The van der Waals surface area contributed by atoms with Crippen LogP contribution in [0.5, 0.6) is 0 Å². The third-order valence-electron chi connectivity index (χ3n) is 3.56. The van der Waals surface area contributed by atoms with E-state index in [9.17, 15) is 17.6 Å². The van der Waals surface area contributed by atoms with Crippen molar-refractivity contribution in [2.75, 3.05) is 12.9 Å². The molecule has 0 aromatic heterocycles. The van der Waals surface area contributed by atoms with Crippen molar-refractivity contribution >= 4 is 15.8 Å². The molecule has 0 unspecified atom stereocenters. The van der Waals surface area contributed by atoms with Crippen LogP contribution in [0.25, 0.3) is 0 Å². The van der Waals surface area contributed by atoms with Crippen molar-refractivity contribution in [1.82, 2.24) is 0 Å². The van der Waals surface area contributed by atoms with Gasteiger partial charge in [0.05, 0.1) is 25.0 Å². The molecule has 1 aliphatic carbocycles. The third kappa shape index (κ3) is 3.79. The highest BCUT2D eigenvalue weighted by Crippen LogP contribution is 2.50. The highest BCUT2D eigenvalue weighted by Gasteiger charge is 2.47. The average Bonchev–Trinajstić information content (AvgIpc) is 3.10. The molecule has 0 heterocycles. The van der Waals surface area contributed by atoms with Crippen LogP contribution in [-0.2, 0) is 25.1 Å². The van der Waals surface area contributed by atoms with E-state index in [2.05, 4.69) is 4.74 Å². The number of carbonyl (C=O) groups excluding carboxylic acids is 1. The van der Waals surface area contributed by atoms with Crippen LogP contribution in [0.3, 0.4) is 0 Å². The largest absolute Gasteiger partial charge is 0.469 e. The summed E-state index contributed by atoms with van der Waals surface area (Å²) in [5, 5.41) is 0. The molecule has 110 valence electrons. The number of carbonyl (C=O) groups is 1. The predicted molar refractivity (Wildman–Crippen MR) is 72.2 cm³/mol. The van der Waals surface area contributed by atoms with Gasteiger partial charge < -0.3 is 4.74 Å². The van der Waals surface area contributed by atoms with Gasteiger partial charge >= 0.3 is 5.97 Å². The molecule has 1 saturated carbocycles. The molecule has 0 amide bonds. The van der Waals surface area contributed by atoms with Crippen LogP contribution in [0.1, 0.15) is 24.8 Å². The Morgan fingerprint density at radius 3 is 2.55 bits per heavy atom. The lowest BCUT2D eigenvalue weighted by atomic mass is 10.1. The fourth-order valence-corrected chi connectivity index (χ4v) is 4.43. The van der Waals surface area contributed by atoms with Gasteiger partial charge in [-0.15, -0.1) is 0 Å². The zero-order chi connectivity index (χ0) is 14.8. The van der Waals surface area contributed by atoms with Crippen molar-refractivity contribution in [3.05, 3.63) is 35.6 Å². The maximum absolute atomic E-state index is 13.5. The Morgan fingerprint density at radius 2 is 2.00 bits per heavy atom. The zero-order valence-corrected chi connectivity index (χ0v) is 12.1. The molecule has 0 atom stereocenters. The summed E-state index contributed by atoms with van der Waals surface area (Å²) in [5.41, 5.74) is -0.335. The molecule has 6 heteroatoms. The van der Waals surface area contributed by atoms with Crippen molar-refractivity contribution in [3.63, 3.8) is 0 Å². The number of hydrogen-bond donors (Lipinski definition) is 0. The summed E-state index contributed by atoms with van der Waals surface area (Å²) in [7, 11) is -2.17. The van der Waals surface area contributed by atoms with Crippen molar-refractivity contribution in [1.29, 1.82) is 0 Å². The van der Waals surface area contributed by atoms with Gasteiger partial charge in [-0.1, -0.05) is 18.2 Å². The second-order valence-electron chi connectivity index (χ2n) is 5.38. The Morgan fingerprint density at radius 1 is 1.35 bits per heavy atom. The number of methoxy groups -OCH3 is 1. The molecule has 1 aromatic carbocycles. The van der Waals surface area contributed by atoms with Crippen LogP contribution in [0, 0.1) is 11.2 Å². The molecule has 0 bridgehead atoms. The number of hydrogen-bond acceptors (Lipinski definition) is 4. The molecule has 0 N–H and O–H groups in total. The van der Waals surface area contributed by atoms with Gasteiger partial charge in [-0.3, -0.25) is 4.79 Å². The second kappa shape index (κ2) is 5.52. The van der Waals surface area contributed by atoms with Gasteiger partial charge in [0, 0.05) is 5.56 Å². The Balaban J connectivity index is 2.05. The molecule has 0 spiro atoms. The summed E-state index contributed by atoms with van der Waals surface area (Å²) < 4.78 is 42.4. The van der Waals surface area contributed by atoms with Crippen LogP contribution in [-0.4, -0.2) is 27.2 Å². The normalized spacial score (nSPS) is 16.7. The van der Waals surface area contributed by atoms with E-state index < -0.39 is 27.0 Å². The van der Waals surface area contributed by atoms with Gasteiger partial charge in [0.2, 0.25) is 0 Å². The van der Waals surface area contributed by atoms with Crippen molar-refractivity contribution in [2.45, 2.75) is 25.0 Å². The van der Waals surface area contributed by atoms with Gasteiger partial charge in [-0.2, -0.15) is 0 Å². The highest BCUT2D eigenvalue weighted by molar-refractivity contribution is 7.90. The molecule has 0 aliphatic heterocycles. The number of ether oxygens (including phenoxy) is 1. The first kappa shape index (κ1) is 15.0. The summed E-state index contributed by atoms with van der Waals surface area (Å²) in [6.45, 7) is 0. The lowest BCUT2D eigenvalue weighted by molar-refractivity contribution is -0.141. The van der Waals surface area contributed by atoms with Gasteiger partial charge in [-0.05, 0) is 24.3 Å². The maximum Gasteiger partial charge on any atom is 0.306 e. The molecule has 1 aromatic rings. The molecule has 20 heavy (non-hydrogen) atoms. The van der Waals surface area contributed by atoms with Crippen LogP contribution < -0.4 is 0 Å². The molecular formula is C14H17FO4S. The van der Waals surface area contributed by atoms with Gasteiger partial charge in [0.1, 0.15) is 5.82 Å². The Kier molecular flexibility index (Phi) is 4.13. The summed E-state index contributed by atoms with van der Waals surface area (Å²) in [5.74, 6) is -1.34. The fraction of sp³-hybridized carbons (Fsp3) is 0.500. The van der Waals surface area contributed by atoms with Crippen molar-refractivity contribution in [3.8, 4) is 0 Å². The second-order valence-corrected chi connectivity index (χ2v) is 7.44. The first-order valence-corrected chi connectivity index (χ1v) is 8.19. The van der Waals surface area contributed by atoms with E-state index >= 15 is 0 Å². The van der Waals surface area contributed by atoms with E-state index in [-0.39, 0.29) is 23.5 Å². The molecule has 0 saturated heterocycles. The SMILES string of the molecule is COC(=O)CC1(CS(=O)(=O)Cc2ccccc2F)CC1. The van der Waals surface area contributed by atoms with E-state index in [0.29, 0.717) is 12.8 Å². The number of halogens is 1. The third-order valence-corrected chi connectivity index (χ3v) is 5.37. The molecule has 0 radical (unpaired) electrons. The predicted octanol–water partition coefficient (Wildman–Crippen LogP) is 2.08. The van der Waals surface area contributed by atoms with E-state index in [0.717, 1.165) is 0 Å². The smallest absolute Gasteiger partial charge is 0.306 e. The van der Waals surface area contributed by atoms with Gasteiger partial charge in [0.15, 0.2) is 9.84 Å². The van der Waals surface area contributed by atoms with Crippen LogP contribution >= 0.6 is 0 Å². The molecule has 1 fully saturated rings. The number of benzene rings is 1. The van der Waals surface area contributed by atoms with Gasteiger partial charge in [-0.25, -0.2) is 12.8 Å². The van der Waals surface area contributed by atoms with Crippen LogP contribution in [0.4, 0.5) is 4.39 Å². The summed E-state index contributed by atoms with van der Waals surface area (Å²) >= 11 is 0. The Hall–Kier alpha value is -1.43. The number of rotatable bonds is 6. The standard InChI is InChI=1S/C14H17FO4S/c1-19-13(16)8-14(6-7-14)10-20(17,18)9-11-4-2-3-5-12(11)15/h2-5H,6-10H2,1H3. The van der Waals surface area contributed by atoms with Gasteiger partial charge in [0.25, 0.3) is 0 Å². The summed E-state index contributed by atoms with van der Waals surface area (Å²) in [6.07, 6.45) is 1.50. The Bertz CT molecular complexity index is 605. The topological polar surface area (TPSA) is 60.4 Å². The van der Waals surface area contributed by atoms with Crippen LogP contribution in [0.2, 0.25) is 0 Å². The van der Waals surface area contributed by atoms with E-state index in [1.165, 1.54) is 25.3 Å². The molecule has 2 rings (SSSR count). The molecular weight excluding hydrogens is 283 g/mol. The van der Waals surface area contributed by atoms with Crippen LogP contribution in [0.15, 0.2) is 24.3 Å². The first-order chi connectivity index (χ1) is 9.36. The minimum atomic E-state index is -3.45. The van der Waals surface area contributed by atoms with E-state index in [4.69, 9.17) is 0 Å². The van der Waals surface area contributed by atoms with E-state index in [1.807, 2.05) is 0 Å². The molecule has 4 nitrogen and oxygen atoms in total. The zero-order valence-electron chi connectivity index (χ0n) is 11.3. The minimum absolute atomic E-state index is 0.0938. The fourth-order valence-electron chi connectivity index (χ4n) is 2.30. The minimum Gasteiger partial charge on any atom is -0.469 e. The van der Waals surface area contributed by atoms with E-state index in [1.54, 1.807) is 6.07 Å². The quantitative estimate of drug-likeness (QED) is 0.755. The summed E-state index contributed by atoms with van der Waals surface area (Å²) in [6, 6.07) is 5.83. The monoisotopic (exact) mass is 300 g/mol. The van der Waals surface area contributed by atoms with Crippen molar-refractivity contribution in [2.24, 2.45) is 5.41 Å². The number of esters is 1. The maximum atomic E-state index is 13.5. The Labute approximate surface area is 117 Å². The first-order valence-electron chi connectivity index (χ1n) is 6.36.